The molecule has 4 aromatic rings. The summed E-state index contributed by atoms with van der Waals surface area (Å²) in [6.45, 7) is 5.08. The lowest BCUT2D eigenvalue weighted by molar-refractivity contribution is -0.136. The number of rotatable bonds is 11. The predicted molar refractivity (Wildman–Crippen MR) is 199 cm³/mol. The molecule has 4 aliphatic rings. The number of benzene rings is 2. The number of ether oxygens (including phenoxy) is 1. The maximum absolute atomic E-state index is 13.1. The first-order valence-electron chi connectivity index (χ1n) is 18.8. The number of nitrogens with one attached hydrogen (secondary N) is 2. The summed E-state index contributed by atoms with van der Waals surface area (Å²) in [5.41, 5.74) is 5.72. The van der Waals surface area contributed by atoms with Gasteiger partial charge >= 0.3 is 0 Å². The van der Waals surface area contributed by atoms with Crippen LogP contribution in [0, 0.1) is 0 Å². The summed E-state index contributed by atoms with van der Waals surface area (Å²) < 4.78 is 7.55. The Kier molecular flexibility index (Phi) is 10.0. The molecule has 4 aliphatic heterocycles. The van der Waals surface area contributed by atoms with Crippen LogP contribution in [0.25, 0.3) is 22.3 Å². The summed E-state index contributed by atoms with van der Waals surface area (Å²) in [5, 5.41) is 10.2. The Balaban J connectivity index is 0.770. The molecule has 1 atom stereocenters. The molecule has 3 saturated heterocycles. The number of nitrogens with zero attached hydrogens (tertiary/aromatic N) is 7. The molecule has 15 nitrogen and oxygen atoms in total. The average molecular weight is 734 g/mol. The van der Waals surface area contributed by atoms with E-state index in [-0.39, 0.29) is 35.9 Å². The van der Waals surface area contributed by atoms with Crippen LogP contribution in [0.2, 0.25) is 0 Å². The standard InChI is InChI=1S/C39H43N9O6/c49-34-11-10-33(37(51)44-34)48-38(52)28-9-8-26(21-29(28)39(48)53)40-14-3-1-2-7-35(50)46-15-12-27(13-16-46)47-24-25(22-42-47)31-23-41-30-5-4-6-32(36(30)43-31)45-17-19-54-20-18-45/h4-6,8-9,21-24,27,33,40H,1-3,7,10-20H2,(H,44,49,51). The number of likely N-dealkylation sites (tertiary alicyclic amines) is 1. The molecule has 6 heterocycles. The number of fused-ring (bicyclic) bond motifs is 2. The third-order valence-electron chi connectivity index (χ3n) is 10.8. The van der Waals surface area contributed by atoms with Crippen LogP contribution in [0.5, 0.6) is 0 Å². The van der Waals surface area contributed by atoms with Gasteiger partial charge < -0.3 is 19.9 Å². The van der Waals surface area contributed by atoms with Gasteiger partial charge in [0.15, 0.2) is 0 Å². The van der Waals surface area contributed by atoms with Gasteiger partial charge in [0.05, 0.1) is 59.7 Å². The molecule has 2 N–H and O–H groups in total. The molecule has 1 unspecified atom stereocenters. The Morgan fingerprint density at radius 3 is 2.54 bits per heavy atom. The predicted octanol–water partition coefficient (Wildman–Crippen LogP) is 3.57. The Morgan fingerprint density at radius 1 is 0.907 bits per heavy atom. The smallest absolute Gasteiger partial charge is 0.262 e. The maximum Gasteiger partial charge on any atom is 0.262 e. The van der Waals surface area contributed by atoms with Gasteiger partial charge in [-0.05, 0) is 62.4 Å². The number of imide groups is 2. The molecule has 0 saturated carbocycles. The van der Waals surface area contributed by atoms with Gasteiger partial charge in [-0.1, -0.05) is 12.5 Å². The Morgan fingerprint density at radius 2 is 1.72 bits per heavy atom. The molecule has 3 fully saturated rings. The number of para-hydroxylation sites is 1. The van der Waals surface area contributed by atoms with Crippen molar-refractivity contribution in [1.29, 1.82) is 0 Å². The summed E-state index contributed by atoms with van der Waals surface area (Å²) in [7, 11) is 0. The lowest BCUT2D eigenvalue weighted by Gasteiger charge is -2.32. The molecule has 5 amide bonds. The lowest BCUT2D eigenvalue weighted by Crippen LogP contribution is -2.54. The van der Waals surface area contributed by atoms with E-state index in [0.29, 0.717) is 45.0 Å². The van der Waals surface area contributed by atoms with Crippen LogP contribution in [0.1, 0.15) is 78.1 Å². The van der Waals surface area contributed by atoms with Gasteiger partial charge in [-0.2, -0.15) is 5.10 Å². The zero-order valence-corrected chi connectivity index (χ0v) is 30.0. The van der Waals surface area contributed by atoms with Gasteiger partial charge in [-0.15, -0.1) is 0 Å². The summed E-state index contributed by atoms with van der Waals surface area (Å²) >= 11 is 0. The van der Waals surface area contributed by atoms with Crippen LogP contribution in [0.3, 0.4) is 0 Å². The van der Waals surface area contributed by atoms with Gasteiger partial charge in [0.2, 0.25) is 17.7 Å². The van der Waals surface area contributed by atoms with E-state index >= 15 is 0 Å². The minimum absolute atomic E-state index is 0.0789. The van der Waals surface area contributed by atoms with Crippen molar-refractivity contribution >= 4 is 51.9 Å². The van der Waals surface area contributed by atoms with Crippen LogP contribution in [0.15, 0.2) is 55.0 Å². The monoisotopic (exact) mass is 733 g/mol. The van der Waals surface area contributed by atoms with E-state index in [2.05, 4.69) is 26.7 Å². The summed E-state index contributed by atoms with van der Waals surface area (Å²) in [6, 6.07) is 10.3. The fourth-order valence-electron chi connectivity index (χ4n) is 7.82. The quantitative estimate of drug-likeness (QED) is 0.171. The third-order valence-corrected chi connectivity index (χ3v) is 10.8. The molecule has 8 rings (SSSR count). The largest absolute Gasteiger partial charge is 0.385 e. The second-order valence-electron chi connectivity index (χ2n) is 14.3. The Labute approximate surface area is 312 Å². The van der Waals surface area contributed by atoms with E-state index in [1.807, 2.05) is 40.3 Å². The molecular formula is C39H43N9O6. The number of aromatic nitrogens is 4. The molecule has 54 heavy (non-hydrogen) atoms. The van der Waals surface area contributed by atoms with Crippen molar-refractivity contribution in [1.82, 2.24) is 34.9 Å². The summed E-state index contributed by atoms with van der Waals surface area (Å²) in [4.78, 5) is 77.9. The average Bonchev–Trinajstić information content (AvgIpc) is 3.79. The van der Waals surface area contributed by atoms with E-state index < -0.39 is 29.7 Å². The van der Waals surface area contributed by atoms with Gasteiger partial charge in [-0.25, -0.2) is 4.98 Å². The number of unbranched alkanes of at least 4 members (excludes halogenated alkanes) is 2. The first-order chi connectivity index (χ1) is 26.3. The highest BCUT2D eigenvalue weighted by Gasteiger charge is 2.44. The number of hydrogen-bond acceptors (Lipinski definition) is 11. The molecule has 0 aliphatic carbocycles. The number of carbonyl (C=O) groups is 5. The molecule has 0 radical (unpaired) electrons. The van der Waals surface area contributed by atoms with E-state index in [0.717, 1.165) is 78.1 Å². The number of morpholine rings is 1. The zero-order valence-electron chi connectivity index (χ0n) is 30.0. The molecule has 2 aromatic carbocycles. The van der Waals surface area contributed by atoms with E-state index in [9.17, 15) is 24.0 Å². The summed E-state index contributed by atoms with van der Waals surface area (Å²) in [6.07, 6.45) is 10.5. The van der Waals surface area contributed by atoms with Crippen molar-refractivity contribution in [3.8, 4) is 11.3 Å². The van der Waals surface area contributed by atoms with Gasteiger partial charge in [0.1, 0.15) is 11.6 Å². The molecule has 280 valence electrons. The molecule has 0 spiro atoms. The van der Waals surface area contributed by atoms with E-state index in [1.54, 1.807) is 18.2 Å². The second-order valence-corrected chi connectivity index (χ2v) is 14.3. The fourth-order valence-corrected chi connectivity index (χ4v) is 7.82. The highest BCUT2D eigenvalue weighted by atomic mass is 16.5. The molecule has 2 aromatic heterocycles. The topological polar surface area (TPSA) is 172 Å². The van der Waals surface area contributed by atoms with Crippen molar-refractivity contribution in [3.63, 3.8) is 0 Å². The van der Waals surface area contributed by atoms with Crippen LogP contribution >= 0.6 is 0 Å². The number of amides is 5. The second kappa shape index (κ2) is 15.3. The Hall–Kier alpha value is -5.70. The van der Waals surface area contributed by atoms with Crippen molar-refractivity contribution in [3.05, 3.63) is 66.1 Å². The highest BCUT2D eigenvalue weighted by molar-refractivity contribution is 6.23. The molecule has 15 heteroatoms. The first kappa shape index (κ1) is 35.3. The third kappa shape index (κ3) is 7.15. The zero-order chi connectivity index (χ0) is 37.2. The number of anilines is 2. The minimum Gasteiger partial charge on any atom is -0.385 e. The van der Waals surface area contributed by atoms with Crippen LogP contribution in [-0.2, 0) is 19.1 Å². The van der Waals surface area contributed by atoms with Crippen LogP contribution in [-0.4, -0.2) is 111 Å². The fraction of sp³-hybridized carbons (Fsp3) is 0.436. The van der Waals surface area contributed by atoms with Crippen LogP contribution in [0.4, 0.5) is 11.4 Å². The lowest BCUT2D eigenvalue weighted by atomic mass is 10.0. The first-order valence-corrected chi connectivity index (χ1v) is 18.8. The minimum atomic E-state index is -0.988. The normalized spacial score (nSPS) is 19.4. The van der Waals surface area contributed by atoms with Gasteiger partial charge in [0, 0.05) is 63.0 Å². The van der Waals surface area contributed by atoms with Crippen molar-refractivity contribution in [2.24, 2.45) is 0 Å². The number of hydrogen-bond donors (Lipinski definition) is 2. The SMILES string of the molecule is O=C1CCC(N2C(=O)c3ccc(NCCCCCC(=O)N4CCC(n5cc(-c6cnc7cccc(N8CCOCC8)c7n6)cn5)CC4)cc3C2=O)C(=O)N1. The highest BCUT2D eigenvalue weighted by Crippen LogP contribution is 2.31. The van der Waals surface area contributed by atoms with Gasteiger partial charge in [-0.3, -0.25) is 43.9 Å². The van der Waals surface area contributed by atoms with Crippen molar-refractivity contribution in [2.75, 3.05) is 56.2 Å². The van der Waals surface area contributed by atoms with Crippen molar-refractivity contribution in [2.45, 2.75) is 63.5 Å². The van der Waals surface area contributed by atoms with Crippen LogP contribution < -0.4 is 15.5 Å². The maximum atomic E-state index is 13.1. The summed E-state index contributed by atoms with van der Waals surface area (Å²) in [5.74, 6) is -1.91. The van der Waals surface area contributed by atoms with E-state index in [4.69, 9.17) is 14.7 Å². The number of carbonyl (C=O) groups excluding carboxylic acids is 5. The molecular weight excluding hydrogens is 690 g/mol. The number of piperidine rings is 2. The van der Waals surface area contributed by atoms with Gasteiger partial charge in [0.25, 0.3) is 11.8 Å². The Bertz CT molecular complexity index is 2100. The van der Waals surface area contributed by atoms with Crippen molar-refractivity contribution < 1.29 is 28.7 Å². The van der Waals surface area contributed by atoms with E-state index in [1.165, 1.54) is 0 Å². The molecule has 0 bridgehead atoms.